The number of anilines is 1. The highest BCUT2D eigenvalue weighted by Crippen LogP contribution is 2.17. The lowest BCUT2D eigenvalue weighted by molar-refractivity contribution is 0.602. The number of hydrogen-bond acceptors (Lipinski definition) is 3. The summed E-state index contributed by atoms with van der Waals surface area (Å²) in [5, 5.41) is 0. The van der Waals surface area contributed by atoms with Crippen LogP contribution in [0.4, 0.5) is 5.82 Å². The zero-order chi connectivity index (χ0) is 9.47. The van der Waals surface area contributed by atoms with Crippen LogP contribution in [0, 0.1) is 6.92 Å². The van der Waals surface area contributed by atoms with Crippen molar-refractivity contribution >= 4 is 22.2 Å². The standard InChI is InChI=1S/C7H7N3O2S/c1-5-2-3-6-4-8-13(11,12)10-7(6)9-5/h2-4H,1H3,(H,9,10). The molecule has 0 unspecified atom stereocenters. The minimum atomic E-state index is -3.56. The Labute approximate surface area is 75.7 Å². The van der Waals surface area contributed by atoms with Crippen LogP contribution in [0.3, 0.4) is 0 Å². The molecule has 0 saturated carbocycles. The summed E-state index contributed by atoms with van der Waals surface area (Å²) in [6.45, 7) is 1.79. The van der Waals surface area contributed by atoms with Gasteiger partial charge in [-0.1, -0.05) is 0 Å². The third-order valence-electron chi connectivity index (χ3n) is 1.62. The van der Waals surface area contributed by atoms with Crippen LogP contribution in [-0.4, -0.2) is 19.6 Å². The molecular formula is C7H7N3O2S. The summed E-state index contributed by atoms with van der Waals surface area (Å²) in [5.74, 6) is 0.343. The number of pyridine rings is 1. The van der Waals surface area contributed by atoms with Crippen molar-refractivity contribution in [2.24, 2.45) is 4.40 Å². The quantitative estimate of drug-likeness (QED) is 0.657. The molecule has 0 saturated heterocycles. The van der Waals surface area contributed by atoms with Gasteiger partial charge in [0.25, 0.3) is 0 Å². The molecule has 0 aliphatic carbocycles. The lowest BCUT2D eigenvalue weighted by Crippen LogP contribution is -2.16. The molecule has 0 fully saturated rings. The number of rotatable bonds is 0. The molecule has 0 atom stereocenters. The fourth-order valence-corrected chi connectivity index (χ4v) is 1.74. The SMILES string of the molecule is Cc1ccc2c(n1)NS(=O)(=O)N=C2. The maximum Gasteiger partial charge on any atom is 0.343 e. The molecule has 68 valence electrons. The van der Waals surface area contributed by atoms with Gasteiger partial charge in [0.2, 0.25) is 0 Å². The third-order valence-corrected chi connectivity index (χ3v) is 2.46. The smallest absolute Gasteiger partial charge is 0.248 e. The van der Waals surface area contributed by atoms with Crippen LogP contribution in [-0.2, 0) is 10.2 Å². The van der Waals surface area contributed by atoms with Crippen molar-refractivity contribution < 1.29 is 8.42 Å². The molecule has 1 aromatic heterocycles. The van der Waals surface area contributed by atoms with Crippen LogP contribution in [0.15, 0.2) is 16.5 Å². The zero-order valence-corrected chi connectivity index (χ0v) is 7.67. The predicted octanol–water partition coefficient (Wildman–Crippen LogP) is 0.479. The van der Waals surface area contributed by atoms with Crippen LogP contribution < -0.4 is 4.72 Å². The first kappa shape index (κ1) is 8.18. The number of nitrogens with one attached hydrogen (secondary N) is 1. The molecule has 2 rings (SSSR count). The van der Waals surface area contributed by atoms with Crippen LogP contribution in [0.1, 0.15) is 11.3 Å². The Kier molecular flexibility index (Phi) is 1.59. The van der Waals surface area contributed by atoms with Gasteiger partial charge in [-0.2, -0.15) is 12.8 Å². The van der Waals surface area contributed by atoms with E-state index in [1.165, 1.54) is 6.21 Å². The lowest BCUT2D eigenvalue weighted by Gasteiger charge is -2.10. The molecule has 1 aliphatic rings. The Morgan fingerprint density at radius 3 is 2.92 bits per heavy atom. The van der Waals surface area contributed by atoms with Crippen molar-refractivity contribution in [2.75, 3.05) is 4.72 Å². The average Bonchev–Trinajstić information content (AvgIpc) is 2.01. The van der Waals surface area contributed by atoms with Crippen LogP contribution in [0.5, 0.6) is 0 Å². The van der Waals surface area contributed by atoms with Crippen LogP contribution in [0.25, 0.3) is 0 Å². The van der Waals surface area contributed by atoms with Gasteiger partial charge >= 0.3 is 10.2 Å². The number of hydrogen-bond donors (Lipinski definition) is 1. The minimum absolute atomic E-state index is 0.343. The number of aryl methyl sites for hydroxylation is 1. The van der Waals surface area contributed by atoms with Gasteiger partial charge in [0.1, 0.15) is 5.82 Å². The minimum Gasteiger partial charge on any atom is -0.248 e. The van der Waals surface area contributed by atoms with Gasteiger partial charge < -0.3 is 0 Å². The van der Waals surface area contributed by atoms with E-state index in [4.69, 9.17) is 0 Å². The van der Waals surface area contributed by atoms with Gasteiger partial charge in [-0.15, -0.1) is 0 Å². The molecule has 0 amide bonds. The van der Waals surface area contributed by atoms with Gasteiger partial charge in [0.15, 0.2) is 0 Å². The average molecular weight is 197 g/mol. The molecule has 1 N–H and O–H groups in total. The summed E-state index contributed by atoms with van der Waals surface area (Å²) in [6, 6.07) is 3.56. The van der Waals surface area contributed by atoms with Gasteiger partial charge in [-0.3, -0.25) is 0 Å². The van der Waals surface area contributed by atoms with E-state index in [0.29, 0.717) is 11.4 Å². The number of nitrogens with zero attached hydrogens (tertiary/aromatic N) is 2. The highest BCUT2D eigenvalue weighted by molar-refractivity contribution is 7.91. The van der Waals surface area contributed by atoms with E-state index >= 15 is 0 Å². The molecule has 2 heterocycles. The Bertz CT molecular complexity index is 479. The van der Waals surface area contributed by atoms with Gasteiger partial charge in [0.05, 0.1) is 6.21 Å². The number of aromatic nitrogens is 1. The summed E-state index contributed by atoms with van der Waals surface area (Å²) in [5.41, 5.74) is 1.44. The van der Waals surface area contributed by atoms with Crippen molar-refractivity contribution in [3.8, 4) is 0 Å². The second kappa shape index (κ2) is 2.53. The van der Waals surface area contributed by atoms with Crippen molar-refractivity contribution in [3.63, 3.8) is 0 Å². The van der Waals surface area contributed by atoms with E-state index in [2.05, 4.69) is 14.1 Å². The number of fused-ring (bicyclic) bond motifs is 1. The first-order valence-corrected chi connectivity index (χ1v) is 5.06. The maximum atomic E-state index is 11.0. The van der Waals surface area contributed by atoms with Gasteiger partial charge in [-0.25, -0.2) is 9.71 Å². The van der Waals surface area contributed by atoms with Crippen LogP contribution in [0.2, 0.25) is 0 Å². The van der Waals surface area contributed by atoms with Crippen molar-refractivity contribution in [1.29, 1.82) is 0 Å². The lowest BCUT2D eigenvalue weighted by atomic mass is 10.2. The summed E-state index contributed by atoms with van der Waals surface area (Å²) in [6.07, 6.45) is 1.29. The van der Waals surface area contributed by atoms with Crippen molar-refractivity contribution in [3.05, 3.63) is 23.4 Å². The zero-order valence-electron chi connectivity index (χ0n) is 6.85. The molecule has 6 heteroatoms. The van der Waals surface area contributed by atoms with E-state index in [1.807, 2.05) is 0 Å². The van der Waals surface area contributed by atoms with Crippen molar-refractivity contribution in [1.82, 2.24) is 4.98 Å². The molecule has 5 nitrogen and oxygen atoms in total. The summed E-state index contributed by atoms with van der Waals surface area (Å²) < 4.78 is 27.5. The Morgan fingerprint density at radius 2 is 2.15 bits per heavy atom. The van der Waals surface area contributed by atoms with E-state index < -0.39 is 10.2 Å². The molecule has 13 heavy (non-hydrogen) atoms. The maximum absolute atomic E-state index is 11.0. The summed E-state index contributed by atoms with van der Waals surface area (Å²) in [7, 11) is -3.56. The highest BCUT2D eigenvalue weighted by atomic mass is 32.2. The molecule has 1 aromatic rings. The monoisotopic (exact) mass is 197 g/mol. The molecule has 0 bridgehead atoms. The van der Waals surface area contributed by atoms with E-state index in [9.17, 15) is 8.42 Å². The van der Waals surface area contributed by atoms with Gasteiger partial charge in [-0.05, 0) is 19.1 Å². The highest BCUT2D eigenvalue weighted by Gasteiger charge is 2.16. The largest absolute Gasteiger partial charge is 0.343 e. The Morgan fingerprint density at radius 1 is 1.38 bits per heavy atom. The first-order chi connectivity index (χ1) is 6.07. The fourth-order valence-electron chi connectivity index (χ4n) is 1.03. The van der Waals surface area contributed by atoms with Crippen LogP contribution >= 0.6 is 0 Å². The van der Waals surface area contributed by atoms with E-state index in [-0.39, 0.29) is 0 Å². The third kappa shape index (κ3) is 1.52. The normalized spacial score (nSPS) is 17.6. The van der Waals surface area contributed by atoms with E-state index in [1.54, 1.807) is 19.1 Å². The summed E-state index contributed by atoms with van der Waals surface area (Å²) >= 11 is 0. The predicted molar refractivity (Wildman–Crippen MR) is 49.1 cm³/mol. The van der Waals surface area contributed by atoms with Crippen molar-refractivity contribution in [2.45, 2.75) is 6.92 Å². The molecular weight excluding hydrogens is 190 g/mol. The second-order valence-corrected chi connectivity index (χ2v) is 4.07. The second-order valence-electron chi connectivity index (χ2n) is 2.70. The van der Waals surface area contributed by atoms with E-state index in [0.717, 1.165) is 5.69 Å². The first-order valence-electron chi connectivity index (χ1n) is 3.62. The molecule has 1 aliphatic heterocycles. The Hall–Kier alpha value is -1.43. The topological polar surface area (TPSA) is 71.4 Å². The fraction of sp³-hybridized carbons (Fsp3) is 0.143. The molecule has 0 radical (unpaired) electrons. The molecule has 0 aromatic carbocycles. The van der Waals surface area contributed by atoms with Gasteiger partial charge in [0, 0.05) is 11.3 Å². The summed E-state index contributed by atoms with van der Waals surface area (Å²) in [4.78, 5) is 4.03. The molecule has 0 spiro atoms. The Balaban J connectivity index is 2.60.